The molecule has 0 aliphatic rings. The van der Waals surface area contributed by atoms with E-state index in [0.29, 0.717) is 6.42 Å². The average molecular weight is 281 g/mol. The average Bonchev–Trinajstić information content (AvgIpc) is 2.40. The van der Waals surface area contributed by atoms with Gasteiger partial charge in [0.05, 0.1) is 17.4 Å². The van der Waals surface area contributed by atoms with Crippen LogP contribution in [0.3, 0.4) is 0 Å². The lowest BCUT2D eigenvalue weighted by Gasteiger charge is -2.12. The Balaban J connectivity index is 2.09. The van der Waals surface area contributed by atoms with Crippen LogP contribution in [0.25, 0.3) is 0 Å². The fourth-order valence-electron chi connectivity index (χ4n) is 1.82. The van der Waals surface area contributed by atoms with E-state index >= 15 is 0 Å². The van der Waals surface area contributed by atoms with Gasteiger partial charge < -0.3 is 5.11 Å². The normalized spacial score (nSPS) is 13.2. The summed E-state index contributed by atoms with van der Waals surface area (Å²) in [5, 5.41) is 9.99. The monoisotopic (exact) mass is 281 g/mol. The molecule has 5 heteroatoms. The molecule has 0 bridgehead atoms. The largest absolute Gasteiger partial charge is 0.417 e. The fourth-order valence-corrected chi connectivity index (χ4v) is 1.82. The van der Waals surface area contributed by atoms with Gasteiger partial charge in [-0.3, -0.25) is 4.98 Å². The van der Waals surface area contributed by atoms with Gasteiger partial charge in [-0.1, -0.05) is 29.8 Å². The van der Waals surface area contributed by atoms with Crippen LogP contribution in [0.4, 0.5) is 13.2 Å². The fraction of sp³-hybridized carbons (Fsp3) is 0.267. The molecule has 1 aromatic heterocycles. The number of aromatic nitrogens is 1. The quantitative estimate of drug-likeness (QED) is 0.930. The maximum atomic E-state index is 12.4. The lowest BCUT2D eigenvalue weighted by molar-refractivity contribution is -0.137. The van der Waals surface area contributed by atoms with E-state index in [2.05, 4.69) is 4.98 Å². The number of benzene rings is 1. The molecular formula is C15H14F3NO. The molecule has 0 spiro atoms. The number of aryl methyl sites for hydroxylation is 1. The van der Waals surface area contributed by atoms with Gasteiger partial charge in [-0.25, -0.2) is 0 Å². The van der Waals surface area contributed by atoms with Crippen LogP contribution >= 0.6 is 0 Å². The van der Waals surface area contributed by atoms with E-state index in [4.69, 9.17) is 0 Å². The van der Waals surface area contributed by atoms with Crippen LogP contribution in [-0.4, -0.2) is 10.1 Å². The lowest BCUT2D eigenvalue weighted by atomic mass is 10.0. The zero-order chi connectivity index (χ0) is 14.8. The first-order valence-electron chi connectivity index (χ1n) is 6.13. The van der Waals surface area contributed by atoms with Gasteiger partial charge >= 0.3 is 6.18 Å². The SMILES string of the molecule is Cc1ccc(CC(O)c2ccc(C(F)(F)F)cn2)cc1. The second-order valence-corrected chi connectivity index (χ2v) is 4.68. The molecule has 1 heterocycles. The van der Waals surface area contributed by atoms with Gasteiger partial charge in [-0.2, -0.15) is 13.2 Å². The highest BCUT2D eigenvalue weighted by Crippen LogP contribution is 2.29. The Hall–Kier alpha value is -1.88. The highest BCUT2D eigenvalue weighted by Gasteiger charge is 2.30. The van der Waals surface area contributed by atoms with E-state index in [1.54, 1.807) is 0 Å². The Morgan fingerprint density at radius 1 is 1.10 bits per heavy atom. The number of aliphatic hydroxyl groups excluding tert-OH is 1. The van der Waals surface area contributed by atoms with Crippen molar-refractivity contribution in [2.75, 3.05) is 0 Å². The first-order chi connectivity index (χ1) is 9.36. The molecule has 0 amide bonds. The summed E-state index contributed by atoms with van der Waals surface area (Å²) < 4.78 is 37.2. The van der Waals surface area contributed by atoms with Crippen LogP contribution in [0.15, 0.2) is 42.6 Å². The molecule has 0 saturated carbocycles. The highest BCUT2D eigenvalue weighted by atomic mass is 19.4. The standard InChI is InChI=1S/C15H14F3NO/c1-10-2-4-11(5-3-10)8-14(20)13-7-6-12(9-19-13)15(16,17)18/h2-7,9,14,20H,8H2,1H3. The summed E-state index contributed by atoms with van der Waals surface area (Å²) in [6.45, 7) is 1.96. The minimum atomic E-state index is -4.41. The molecule has 20 heavy (non-hydrogen) atoms. The first kappa shape index (κ1) is 14.5. The van der Waals surface area contributed by atoms with Crippen molar-refractivity contribution in [3.63, 3.8) is 0 Å². The van der Waals surface area contributed by atoms with Crippen LogP contribution in [0.2, 0.25) is 0 Å². The minimum absolute atomic E-state index is 0.235. The molecule has 0 radical (unpaired) electrons. The molecule has 1 N–H and O–H groups in total. The van der Waals surface area contributed by atoms with Gasteiger partial charge in [0.25, 0.3) is 0 Å². The highest BCUT2D eigenvalue weighted by molar-refractivity contribution is 5.24. The van der Waals surface area contributed by atoms with Crippen molar-refractivity contribution in [1.29, 1.82) is 0 Å². The van der Waals surface area contributed by atoms with Gasteiger partial charge in [0.2, 0.25) is 0 Å². The maximum absolute atomic E-state index is 12.4. The van der Waals surface area contributed by atoms with Crippen molar-refractivity contribution >= 4 is 0 Å². The molecular weight excluding hydrogens is 267 g/mol. The molecule has 0 aliphatic heterocycles. The van der Waals surface area contributed by atoms with E-state index in [1.165, 1.54) is 6.07 Å². The van der Waals surface area contributed by atoms with E-state index in [-0.39, 0.29) is 5.69 Å². The van der Waals surface area contributed by atoms with E-state index in [1.807, 2.05) is 31.2 Å². The van der Waals surface area contributed by atoms with Crippen molar-refractivity contribution in [2.45, 2.75) is 25.6 Å². The van der Waals surface area contributed by atoms with Crippen LogP contribution in [0, 0.1) is 6.92 Å². The van der Waals surface area contributed by atoms with Crippen LogP contribution < -0.4 is 0 Å². The van der Waals surface area contributed by atoms with E-state index in [9.17, 15) is 18.3 Å². The number of rotatable bonds is 3. The number of hydrogen-bond acceptors (Lipinski definition) is 2. The molecule has 1 unspecified atom stereocenters. The summed E-state index contributed by atoms with van der Waals surface area (Å²) in [4.78, 5) is 3.69. The number of aliphatic hydroxyl groups is 1. The summed E-state index contributed by atoms with van der Waals surface area (Å²) in [5.74, 6) is 0. The third kappa shape index (κ3) is 3.57. The molecule has 106 valence electrons. The summed E-state index contributed by atoms with van der Waals surface area (Å²) in [5.41, 5.74) is 1.43. The molecule has 0 fully saturated rings. The molecule has 2 rings (SSSR count). The number of pyridine rings is 1. The predicted molar refractivity (Wildman–Crippen MR) is 69.1 cm³/mol. The third-order valence-electron chi connectivity index (χ3n) is 3.00. The second-order valence-electron chi connectivity index (χ2n) is 4.68. The van der Waals surface area contributed by atoms with E-state index in [0.717, 1.165) is 23.4 Å². The van der Waals surface area contributed by atoms with Gasteiger partial charge in [0.15, 0.2) is 0 Å². The Kier molecular flexibility index (Phi) is 4.09. The Morgan fingerprint density at radius 3 is 2.25 bits per heavy atom. The van der Waals surface area contributed by atoms with Crippen molar-refractivity contribution in [3.05, 3.63) is 65.0 Å². The summed E-state index contributed by atoms with van der Waals surface area (Å²) in [6, 6.07) is 9.73. The first-order valence-corrected chi connectivity index (χ1v) is 6.13. The molecule has 2 nitrogen and oxygen atoms in total. The molecule has 0 aliphatic carbocycles. The van der Waals surface area contributed by atoms with Crippen LogP contribution in [0.5, 0.6) is 0 Å². The zero-order valence-corrected chi connectivity index (χ0v) is 10.9. The second kappa shape index (κ2) is 5.63. The van der Waals surface area contributed by atoms with Crippen molar-refractivity contribution in [2.24, 2.45) is 0 Å². The van der Waals surface area contributed by atoms with Crippen molar-refractivity contribution in [3.8, 4) is 0 Å². The number of alkyl halides is 3. The van der Waals surface area contributed by atoms with E-state index < -0.39 is 17.8 Å². The van der Waals surface area contributed by atoms with Crippen molar-refractivity contribution in [1.82, 2.24) is 4.98 Å². The van der Waals surface area contributed by atoms with Crippen LogP contribution in [-0.2, 0) is 12.6 Å². The summed E-state index contributed by atoms with van der Waals surface area (Å²) in [7, 11) is 0. The zero-order valence-electron chi connectivity index (χ0n) is 10.9. The topological polar surface area (TPSA) is 33.1 Å². The van der Waals surface area contributed by atoms with Gasteiger partial charge in [-0.05, 0) is 24.6 Å². The predicted octanol–water partition coefficient (Wildman–Crippen LogP) is 3.68. The Labute approximate surface area is 114 Å². The lowest BCUT2D eigenvalue weighted by Crippen LogP contribution is -2.08. The molecule has 1 atom stereocenters. The van der Waals surface area contributed by atoms with Crippen molar-refractivity contribution < 1.29 is 18.3 Å². The summed E-state index contributed by atoms with van der Waals surface area (Å²) in [6.07, 6.45) is -4.26. The smallest absolute Gasteiger partial charge is 0.386 e. The number of halogens is 3. The molecule has 1 aromatic carbocycles. The van der Waals surface area contributed by atoms with Gasteiger partial charge in [-0.15, -0.1) is 0 Å². The third-order valence-corrected chi connectivity index (χ3v) is 3.00. The maximum Gasteiger partial charge on any atom is 0.417 e. The Bertz CT molecular complexity index is 561. The summed E-state index contributed by atoms with van der Waals surface area (Å²) >= 11 is 0. The molecule has 0 saturated heterocycles. The van der Waals surface area contributed by atoms with Crippen LogP contribution in [0.1, 0.15) is 28.5 Å². The van der Waals surface area contributed by atoms with Gasteiger partial charge in [0.1, 0.15) is 0 Å². The Morgan fingerprint density at radius 2 is 1.75 bits per heavy atom. The number of nitrogens with zero attached hydrogens (tertiary/aromatic N) is 1. The molecule has 2 aromatic rings. The minimum Gasteiger partial charge on any atom is -0.386 e. The van der Waals surface area contributed by atoms with Gasteiger partial charge in [0, 0.05) is 12.6 Å². The number of hydrogen-bond donors (Lipinski definition) is 1.